The minimum Gasteiger partial charge on any atom is -0.396 e. The maximum Gasteiger partial charge on any atom is 0.0538 e. The average Bonchev–Trinajstić information content (AvgIpc) is 2.26. The third-order valence-corrected chi connectivity index (χ3v) is 2.20. The number of hydrogen-bond donors (Lipinski definition) is 4. The topological polar surface area (TPSA) is 80.9 Å². The maximum absolute atomic E-state index is 8.88. The Morgan fingerprint density at radius 1 is 0.875 bits per heavy atom. The van der Waals surface area contributed by atoms with E-state index in [0.29, 0.717) is 0 Å². The highest BCUT2D eigenvalue weighted by atomic mass is 16.3. The first kappa shape index (κ1) is 18.2. The van der Waals surface area contributed by atoms with Gasteiger partial charge in [-0.25, -0.2) is 0 Å². The molecule has 100 valence electrons. The summed E-state index contributed by atoms with van der Waals surface area (Å²) in [5.41, 5.74) is 0. The Bertz CT molecular complexity index is 118. The van der Waals surface area contributed by atoms with Gasteiger partial charge in [-0.2, -0.15) is 0 Å². The first-order valence-corrected chi connectivity index (χ1v) is 6.16. The molecule has 4 heteroatoms. The SMILES string of the molecule is CC(O)CCCCO.CCC(O)CCCO. The zero-order chi connectivity index (χ0) is 12.8. The highest BCUT2D eigenvalue weighted by Crippen LogP contribution is 1.98. The van der Waals surface area contributed by atoms with Crippen molar-refractivity contribution in [3.8, 4) is 0 Å². The van der Waals surface area contributed by atoms with E-state index in [9.17, 15) is 0 Å². The van der Waals surface area contributed by atoms with Gasteiger partial charge in [-0.1, -0.05) is 6.92 Å². The summed E-state index contributed by atoms with van der Waals surface area (Å²) in [4.78, 5) is 0. The Morgan fingerprint density at radius 2 is 1.44 bits per heavy atom. The molecule has 4 N–H and O–H groups in total. The minimum atomic E-state index is -0.207. The number of aliphatic hydroxyl groups is 4. The molecule has 2 atom stereocenters. The monoisotopic (exact) mass is 236 g/mol. The number of aliphatic hydroxyl groups excluding tert-OH is 4. The van der Waals surface area contributed by atoms with Gasteiger partial charge in [0.15, 0.2) is 0 Å². The maximum atomic E-state index is 8.88. The van der Waals surface area contributed by atoms with Gasteiger partial charge in [-0.15, -0.1) is 0 Å². The van der Waals surface area contributed by atoms with Crippen molar-refractivity contribution in [3.05, 3.63) is 0 Å². The fourth-order valence-corrected chi connectivity index (χ4v) is 1.08. The Hall–Kier alpha value is -0.160. The van der Waals surface area contributed by atoms with Crippen LogP contribution in [0, 0.1) is 0 Å². The van der Waals surface area contributed by atoms with Crippen molar-refractivity contribution in [1.29, 1.82) is 0 Å². The molecule has 0 amide bonds. The smallest absolute Gasteiger partial charge is 0.0538 e. The highest BCUT2D eigenvalue weighted by molar-refractivity contribution is 4.50. The minimum absolute atomic E-state index is 0.192. The van der Waals surface area contributed by atoms with E-state index in [1.54, 1.807) is 6.92 Å². The molecule has 0 aromatic rings. The number of rotatable bonds is 8. The fraction of sp³-hybridized carbons (Fsp3) is 1.00. The molecule has 0 aliphatic heterocycles. The largest absolute Gasteiger partial charge is 0.396 e. The van der Waals surface area contributed by atoms with Crippen molar-refractivity contribution in [2.24, 2.45) is 0 Å². The predicted molar refractivity (Wildman–Crippen MR) is 65.2 cm³/mol. The van der Waals surface area contributed by atoms with Crippen LogP contribution in [0.2, 0.25) is 0 Å². The van der Waals surface area contributed by atoms with Crippen LogP contribution in [-0.2, 0) is 0 Å². The van der Waals surface area contributed by atoms with E-state index in [4.69, 9.17) is 20.4 Å². The molecule has 0 heterocycles. The molecule has 0 aromatic carbocycles. The predicted octanol–water partition coefficient (Wildman–Crippen LogP) is 1.06. The molecule has 0 aliphatic carbocycles. The summed E-state index contributed by atoms with van der Waals surface area (Å²) in [6, 6.07) is 0. The standard InChI is InChI=1S/2C6H14O2/c1-6(8)4-2-3-5-7;1-2-6(8)4-3-5-7/h2*6-8H,2-5H2,1H3. The van der Waals surface area contributed by atoms with Gasteiger partial charge in [0.25, 0.3) is 0 Å². The first-order chi connectivity index (χ1) is 7.58. The van der Waals surface area contributed by atoms with Gasteiger partial charge < -0.3 is 20.4 Å². The Balaban J connectivity index is 0. The van der Waals surface area contributed by atoms with Crippen molar-refractivity contribution >= 4 is 0 Å². The van der Waals surface area contributed by atoms with Gasteiger partial charge >= 0.3 is 0 Å². The second-order valence-corrected chi connectivity index (χ2v) is 4.00. The van der Waals surface area contributed by atoms with Crippen LogP contribution in [0.4, 0.5) is 0 Å². The van der Waals surface area contributed by atoms with Crippen LogP contribution in [0.15, 0.2) is 0 Å². The van der Waals surface area contributed by atoms with Crippen LogP contribution in [0.25, 0.3) is 0 Å². The molecular formula is C12H28O4. The second-order valence-electron chi connectivity index (χ2n) is 4.00. The Labute approximate surface area is 98.9 Å². The molecule has 0 bridgehead atoms. The lowest BCUT2D eigenvalue weighted by Gasteiger charge is -2.03. The van der Waals surface area contributed by atoms with Crippen LogP contribution in [0.3, 0.4) is 0 Å². The lowest BCUT2D eigenvalue weighted by molar-refractivity contribution is 0.146. The van der Waals surface area contributed by atoms with E-state index in [1.807, 2.05) is 6.92 Å². The van der Waals surface area contributed by atoms with Crippen LogP contribution in [0.5, 0.6) is 0 Å². The van der Waals surface area contributed by atoms with E-state index in [0.717, 1.165) is 38.5 Å². The molecular weight excluding hydrogens is 208 g/mol. The lowest BCUT2D eigenvalue weighted by Crippen LogP contribution is -2.04. The van der Waals surface area contributed by atoms with Crippen LogP contribution >= 0.6 is 0 Å². The summed E-state index contributed by atoms with van der Waals surface area (Å²) in [7, 11) is 0. The van der Waals surface area contributed by atoms with Gasteiger partial charge in [0, 0.05) is 13.2 Å². The van der Waals surface area contributed by atoms with Crippen molar-refractivity contribution in [1.82, 2.24) is 0 Å². The number of unbranched alkanes of at least 4 members (excludes halogenated alkanes) is 1. The summed E-state index contributed by atoms with van der Waals surface area (Å²) in [6.45, 7) is 4.13. The Morgan fingerprint density at radius 3 is 1.81 bits per heavy atom. The summed E-state index contributed by atoms with van der Waals surface area (Å²) >= 11 is 0. The zero-order valence-electron chi connectivity index (χ0n) is 10.6. The molecule has 0 saturated heterocycles. The normalized spacial score (nSPS) is 13.9. The molecule has 0 rings (SSSR count). The molecule has 0 saturated carbocycles. The molecule has 0 radical (unpaired) electrons. The first-order valence-electron chi connectivity index (χ1n) is 6.16. The van der Waals surface area contributed by atoms with E-state index >= 15 is 0 Å². The average molecular weight is 236 g/mol. The van der Waals surface area contributed by atoms with Crippen molar-refractivity contribution in [2.45, 2.75) is 64.6 Å². The third kappa shape index (κ3) is 19.4. The summed E-state index contributed by atoms with van der Waals surface area (Å²) in [6.07, 6.45) is 4.37. The zero-order valence-corrected chi connectivity index (χ0v) is 10.6. The molecule has 16 heavy (non-hydrogen) atoms. The molecule has 0 fully saturated rings. The van der Waals surface area contributed by atoms with E-state index in [2.05, 4.69) is 0 Å². The molecule has 4 nitrogen and oxygen atoms in total. The van der Waals surface area contributed by atoms with E-state index in [1.165, 1.54) is 0 Å². The third-order valence-electron chi connectivity index (χ3n) is 2.20. The molecule has 0 aromatic heterocycles. The van der Waals surface area contributed by atoms with Gasteiger partial charge in [-0.3, -0.25) is 0 Å². The molecule has 0 aliphatic rings. The molecule has 2 unspecified atom stereocenters. The lowest BCUT2D eigenvalue weighted by atomic mass is 10.2. The van der Waals surface area contributed by atoms with Crippen molar-refractivity contribution < 1.29 is 20.4 Å². The van der Waals surface area contributed by atoms with E-state index in [-0.39, 0.29) is 25.4 Å². The van der Waals surface area contributed by atoms with Gasteiger partial charge in [0.2, 0.25) is 0 Å². The highest BCUT2D eigenvalue weighted by Gasteiger charge is 1.97. The fourth-order valence-electron chi connectivity index (χ4n) is 1.08. The quantitative estimate of drug-likeness (QED) is 0.475. The van der Waals surface area contributed by atoms with Crippen molar-refractivity contribution in [2.75, 3.05) is 13.2 Å². The van der Waals surface area contributed by atoms with Crippen LogP contribution in [0.1, 0.15) is 52.4 Å². The van der Waals surface area contributed by atoms with E-state index < -0.39 is 0 Å². The summed E-state index contributed by atoms with van der Waals surface area (Å²) in [5.74, 6) is 0. The van der Waals surface area contributed by atoms with Gasteiger partial charge in [0.05, 0.1) is 12.2 Å². The summed E-state index contributed by atoms with van der Waals surface area (Å²) < 4.78 is 0. The van der Waals surface area contributed by atoms with Gasteiger partial charge in [-0.05, 0) is 45.4 Å². The van der Waals surface area contributed by atoms with Crippen LogP contribution in [-0.4, -0.2) is 45.8 Å². The summed E-state index contributed by atoms with van der Waals surface area (Å²) in [5, 5.41) is 34.2. The van der Waals surface area contributed by atoms with Crippen molar-refractivity contribution in [3.63, 3.8) is 0 Å². The molecule has 0 spiro atoms. The van der Waals surface area contributed by atoms with Gasteiger partial charge in [0.1, 0.15) is 0 Å². The Kier molecular flexibility index (Phi) is 16.9. The number of hydrogen-bond acceptors (Lipinski definition) is 4. The second kappa shape index (κ2) is 14.8. The van der Waals surface area contributed by atoms with Crippen LogP contribution < -0.4 is 0 Å².